The van der Waals surface area contributed by atoms with Gasteiger partial charge in [0.05, 0.1) is 4.90 Å². The van der Waals surface area contributed by atoms with E-state index in [2.05, 4.69) is 4.72 Å². The highest BCUT2D eigenvalue weighted by Crippen LogP contribution is 2.34. The molecular formula is C15H14ClNO5S. The molecule has 0 fully saturated rings. The molecule has 3 rings (SSSR count). The van der Waals surface area contributed by atoms with E-state index in [9.17, 15) is 8.42 Å². The summed E-state index contributed by atoms with van der Waals surface area (Å²) >= 11 is 5.80. The zero-order valence-corrected chi connectivity index (χ0v) is 13.6. The van der Waals surface area contributed by atoms with Crippen molar-refractivity contribution in [1.29, 1.82) is 0 Å². The van der Waals surface area contributed by atoms with E-state index >= 15 is 0 Å². The lowest BCUT2D eigenvalue weighted by Gasteiger charge is -2.09. The van der Waals surface area contributed by atoms with Crippen LogP contribution < -0.4 is 18.9 Å². The van der Waals surface area contributed by atoms with Gasteiger partial charge >= 0.3 is 0 Å². The Labute approximate surface area is 139 Å². The number of fused-ring (bicyclic) bond motifs is 1. The number of rotatable bonds is 6. The number of hydrogen-bond acceptors (Lipinski definition) is 5. The van der Waals surface area contributed by atoms with Crippen LogP contribution in [0.5, 0.6) is 17.2 Å². The number of ether oxygens (including phenoxy) is 3. The zero-order chi connectivity index (χ0) is 16.3. The zero-order valence-electron chi connectivity index (χ0n) is 12.0. The minimum atomic E-state index is -3.61. The Morgan fingerprint density at radius 1 is 1.13 bits per heavy atom. The van der Waals surface area contributed by atoms with Crippen LogP contribution in [0.15, 0.2) is 47.4 Å². The first-order valence-corrected chi connectivity index (χ1v) is 8.68. The normalized spacial score (nSPS) is 13.1. The molecule has 2 aromatic rings. The molecule has 23 heavy (non-hydrogen) atoms. The first-order chi connectivity index (χ1) is 11.0. The van der Waals surface area contributed by atoms with Crippen molar-refractivity contribution >= 4 is 21.6 Å². The molecule has 1 aliphatic heterocycles. The minimum absolute atomic E-state index is 0.119. The van der Waals surface area contributed by atoms with Gasteiger partial charge in [0, 0.05) is 17.6 Å². The summed E-state index contributed by atoms with van der Waals surface area (Å²) in [5, 5.41) is 0.365. The predicted octanol–water partition coefficient (Wildman–Crippen LogP) is 2.43. The number of halogens is 1. The first-order valence-electron chi connectivity index (χ1n) is 6.82. The lowest BCUT2D eigenvalue weighted by Crippen LogP contribution is -2.28. The Balaban J connectivity index is 1.53. The highest BCUT2D eigenvalue weighted by Gasteiger charge is 2.15. The Morgan fingerprint density at radius 2 is 1.96 bits per heavy atom. The SMILES string of the molecule is O=S(=O)(NCCOc1ccc2c(c1)OCO2)c1cccc(Cl)c1. The van der Waals surface area contributed by atoms with E-state index in [-0.39, 0.29) is 24.8 Å². The van der Waals surface area contributed by atoms with Crippen molar-refractivity contribution < 1.29 is 22.6 Å². The van der Waals surface area contributed by atoms with Crippen molar-refractivity contribution in [3.63, 3.8) is 0 Å². The maximum Gasteiger partial charge on any atom is 0.240 e. The van der Waals surface area contributed by atoms with Crippen molar-refractivity contribution in [3.8, 4) is 17.2 Å². The second kappa shape index (κ2) is 6.66. The van der Waals surface area contributed by atoms with Crippen LogP contribution >= 0.6 is 11.6 Å². The van der Waals surface area contributed by atoms with Crippen LogP contribution in [0.3, 0.4) is 0 Å². The van der Waals surface area contributed by atoms with Crippen molar-refractivity contribution in [2.24, 2.45) is 0 Å². The summed E-state index contributed by atoms with van der Waals surface area (Å²) in [4.78, 5) is 0.119. The summed E-state index contributed by atoms with van der Waals surface area (Å²) in [5.41, 5.74) is 0. The van der Waals surface area contributed by atoms with E-state index in [1.165, 1.54) is 12.1 Å². The largest absolute Gasteiger partial charge is 0.492 e. The van der Waals surface area contributed by atoms with Crippen molar-refractivity contribution in [2.45, 2.75) is 4.90 Å². The number of sulfonamides is 1. The van der Waals surface area contributed by atoms with Crippen molar-refractivity contribution in [2.75, 3.05) is 19.9 Å². The lowest BCUT2D eigenvalue weighted by atomic mass is 10.3. The maximum absolute atomic E-state index is 12.1. The van der Waals surface area contributed by atoms with Gasteiger partial charge in [-0.15, -0.1) is 0 Å². The van der Waals surface area contributed by atoms with Crippen LogP contribution in [-0.4, -0.2) is 28.4 Å². The molecule has 0 spiro atoms. The van der Waals surface area contributed by atoms with Gasteiger partial charge in [0.2, 0.25) is 16.8 Å². The molecule has 0 aromatic heterocycles. The van der Waals surface area contributed by atoms with Gasteiger partial charge in [0.1, 0.15) is 12.4 Å². The van der Waals surface area contributed by atoms with Gasteiger partial charge in [-0.2, -0.15) is 0 Å². The summed E-state index contributed by atoms with van der Waals surface area (Å²) in [6, 6.07) is 11.2. The molecule has 0 saturated heterocycles. The van der Waals surface area contributed by atoms with E-state index in [0.29, 0.717) is 22.3 Å². The topological polar surface area (TPSA) is 73.9 Å². The molecule has 0 unspecified atom stereocenters. The molecule has 2 aromatic carbocycles. The molecule has 0 saturated carbocycles. The standard InChI is InChI=1S/C15H14ClNO5S/c16-11-2-1-3-13(8-11)23(18,19)17-6-7-20-12-4-5-14-15(9-12)22-10-21-14/h1-5,8-9,17H,6-7,10H2. The van der Waals surface area contributed by atoms with Gasteiger partial charge in [0.25, 0.3) is 0 Å². The van der Waals surface area contributed by atoms with Gasteiger partial charge < -0.3 is 14.2 Å². The molecule has 0 radical (unpaired) electrons. The third-order valence-corrected chi connectivity index (χ3v) is 4.81. The van der Waals surface area contributed by atoms with E-state index in [1.54, 1.807) is 30.3 Å². The first kappa shape index (κ1) is 15.9. The number of nitrogens with one attached hydrogen (secondary N) is 1. The van der Waals surface area contributed by atoms with Crippen LogP contribution in [0.4, 0.5) is 0 Å². The van der Waals surface area contributed by atoms with E-state index in [4.69, 9.17) is 25.8 Å². The number of hydrogen-bond donors (Lipinski definition) is 1. The van der Waals surface area contributed by atoms with Gasteiger partial charge in [-0.3, -0.25) is 0 Å². The third kappa shape index (κ3) is 3.87. The van der Waals surface area contributed by atoms with Crippen LogP contribution in [0.2, 0.25) is 5.02 Å². The third-order valence-electron chi connectivity index (χ3n) is 3.11. The Morgan fingerprint density at radius 3 is 2.78 bits per heavy atom. The molecular weight excluding hydrogens is 342 g/mol. The Kier molecular flexibility index (Phi) is 4.61. The summed E-state index contributed by atoms with van der Waals surface area (Å²) in [7, 11) is -3.61. The van der Waals surface area contributed by atoms with E-state index in [1.807, 2.05) is 0 Å². The number of benzene rings is 2. The average molecular weight is 356 g/mol. The molecule has 8 heteroatoms. The Bertz CT molecular complexity index is 809. The van der Waals surface area contributed by atoms with Gasteiger partial charge in [-0.1, -0.05) is 17.7 Å². The molecule has 0 aliphatic carbocycles. The molecule has 1 heterocycles. The second-order valence-electron chi connectivity index (χ2n) is 4.72. The maximum atomic E-state index is 12.1. The summed E-state index contributed by atoms with van der Waals surface area (Å²) < 4.78 is 42.6. The van der Waals surface area contributed by atoms with Crippen molar-refractivity contribution in [1.82, 2.24) is 4.72 Å². The summed E-state index contributed by atoms with van der Waals surface area (Å²) in [5.74, 6) is 1.86. The average Bonchev–Trinajstić information content (AvgIpc) is 2.99. The quantitative estimate of drug-likeness (QED) is 0.805. The van der Waals surface area contributed by atoms with Crippen LogP contribution in [0.25, 0.3) is 0 Å². The fourth-order valence-electron chi connectivity index (χ4n) is 2.03. The molecule has 1 aliphatic rings. The van der Waals surface area contributed by atoms with Gasteiger partial charge in [-0.25, -0.2) is 13.1 Å². The highest BCUT2D eigenvalue weighted by atomic mass is 35.5. The molecule has 0 amide bonds. The van der Waals surface area contributed by atoms with E-state index in [0.717, 1.165) is 0 Å². The van der Waals surface area contributed by atoms with Crippen LogP contribution in [0.1, 0.15) is 0 Å². The monoisotopic (exact) mass is 355 g/mol. The summed E-state index contributed by atoms with van der Waals surface area (Å²) in [6.45, 7) is 0.501. The molecule has 0 bridgehead atoms. The smallest absolute Gasteiger partial charge is 0.240 e. The summed E-state index contributed by atoms with van der Waals surface area (Å²) in [6.07, 6.45) is 0. The van der Waals surface area contributed by atoms with Crippen LogP contribution in [-0.2, 0) is 10.0 Å². The fourth-order valence-corrected chi connectivity index (χ4v) is 3.34. The van der Waals surface area contributed by atoms with Crippen molar-refractivity contribution in [3.05, 3.63) is 47.5 Å². The molecule has 6 nitrogen and oxygen atoms in total. The van der Waals surface area contributed by atoms with E-state index < -0.39 is 10.0 Å². The lowest BCUT2D eigenvalue weighted by molar-refractivity contribution is 0.173. The molecule has 1 N–H and O–H groups in total. The van der Waals surface area contributed by atoms with Crippen LogP contribution in [0, 0.1) is 0 Å². The fraction of sp³-hybridized carbons (Fsp3) is 0.200. The minimum Gasteiger partial charge on any atom is -0.492 e. The molecule has 122 valence electrons. The highest BCUT2D eigenvalue weighted by molar-refractivity contribution is 7.89. The van der Waals surface area contributed by atoms with Gasteiger partial charge in [-0.05, 0) is 30.3 Å². The second-order valence-corrected chi connectivity index (χ2v) is 6.92. The Hall–Kier alpha value is -1.96. The van der Waals surface area contributed by atoms with Gasteiger partial charge in [0.15, 0.2) is 11.5 Å². The predicted molar refractivity (Wildman–Crippen MR) is 84.7 cm³/mol. The molecule has 0 atom stereocenters.